The first-order chi connectivity index (χ1) is 30.8. The fraction of sp³-hybridized carbons (Fsp3) is 0.115. The molecule has 9 aromatic carbocycles. The van der Waals surface area contributed by atoms with E-state index in [0.717, 1.165) is 28.4 Å². The fourth-order valence-corrected chi connectivity index (χ4v) is 11.7. The van der Waals surface area contributed by atoms with Gasteiger partial charge in [0, 0.05) is 44.8 Å². The lowest BCUT2D eigenvalue weighted by Crippen LogP contribution is -2.40. The molecule has 0 bridgehead atoms. The largest absolute Gasteiger partial charge is 0.311 e. The lowest BCUT2D eigenvalue weighted by molar-refractivity contribution is 0.563. The summed E-state index contributed by atoms with van der Waals surface area (Å²) in [6, 6.07) is 81.3. The van der Waals surface area contributed by atoms with Crippen molar-refractivity contribution in [3.63, 3.8) is 0 Å². The van der Waals surface area contributed by atoms with Gasteiger partial charge in [0.05, 0.1) is 11.1 Å². The summed E-state index contributed by atoms with van der Waals surface area (Å²) in [5.41, 5.74) is 22.0. The van der Waals surface area contributed by atoms with Crippen LogP contribution in [0, 0.1) is 0 Å². The zero-order valence-electron chi connectivity index (χ0n) is 36.2. The van der Waals surface area contributed by atoms with Gasteiger partial charge in [-0.2, -0.15) is 0 Å². The van der Waals surface area contributed by atoms with Crippen LogP contribution in [0.5, 0.6) is 0 Å². The van der Waals surface area contributed by atoms with Crippen LogP contribution in [0.2, 0.25) is 0 Å². The van der Waals surface area contributed by atoms with Crippen LogP contribution in [0.3, 0.4) is 0 Å². The fourth-order valence-electron chi connectivity index (χ4n) is 11.7. The SMILES string of the molecule is CC1(C)c2ccccc2-c2ccc(N(c3ccc(N(c4ccccc4)c4ccccc4)cc3)c3cccc4c3-c3ccccc3C43c4ccccc4C(C)(C)c4ccccc43)cc21. The number of benzene rings is 9. The first-order valence-corrected chi connectivity index (χ1v) is 22.3. The molecule has 0 radical (unpaired) electrons. The summed E-state index contributed by atoms with van der Waals surface area (Å²) in [7, 11) is 0. The highest BCUT2D eigenvalue weighted by atomic mass is 15.2. The van der Waals surface area contributed by atoms with Crippen LogP contribution in [0.25, 0.3) is 22.3 Å². The summed E-state index contributed by atoms with van der Waals surface area (Å²) in [6.45, 7) is 9.54. The van der Waals surface area contributed by atoms with Gasteiger partial charge in [-0.15, -0.1) is 0 Å². The molecule has 3 aliphatic carbocycles. The first-order valence-electron chi connectivity index (χ1n) is 22.3. The molecule has 12 rings (SSSR count). The zero-order valence-corrected chi connectivity index (χ0v) is 36.2. The van der Waals surface area contributed by atoms with Crippen LogP contribution in [0.15, 0.2) is 218 Å². The molecule has 0 N–H and O–H groups in total. The van der Waals surface area contributed by atoms with E-state index in [1.54, 1.807) is 0 Å². The highest BCUT2D eigenvalue weighted by molar-refractivity contribution is 5.99. The van der Waals surface area contributed by atoms with Crippen LogP contribution in [0.4, 0.5) is 34.1 Å². The van der Waals surface area contributed by atoms with Crippen LogP contribution >= 0.6 is 0 Å². The van der Waals surface area contributed by atoms with Crippen molar-refractivity contribution in [2.75, 3.05) is 9.80 Å². The standard InChI is InChI=1S/C61H48N2/c1-59(2)49-26-13-11-24-46(49)47-39-38-45(40-56(47)59)63(44-36-34-43(35-37-44)62(41-20-7-5-8-21-41)42-22-9-6-10-23-42)57-33-19-32-55-58(57)48-25-12-14-27-50(48)61(55)53-30-17-15-28-51(53)60(3,4)52-29-16-18-31-54(52)61/h5-40H,1-4H3. The predicted molar refractivity (Wildman–Crippen MR) is 263 cm³/mol. The maximum absolute atomic E-state index is 2.53. The van der Waals surface area contributed by atoms with E-state index in [1.807, 2.05) is 0 Å². The molecule has 0 aromatic heterocycles. The normalized spacial score (nSPS) is 15.0. The minimum absolute atomic E-state index is 0.152. The van der Waals surface area contributed by atoms with Gasteiger partial charge in [-0.3, -0.25) is 0 Å². The summed E-state index contributed by atoms with van der Waals surface area (Å²) in [5, 5.41) is 0. The maximum atomic E-state index is 2.53. The van der Waals surface area contributed by atoms with E-state index in [2.05, 4.69) is 256 Å². The van der Waals surface area contributed by atoms with Crippen molar-refractivity contribution < 1.29 is 0 Å². The van der Waals surface area contributed by atoms with Gasteiger partial charge in [0.2, 0.25) is 0 Å². The monoisotopic (exact) mass is 808 g/mol. The Balaban J connectivity index is 1.11. The molecular formula is C61H48N2. The molecule has 1 spiro atoms. The van der Waals surface area contributed by atoms with E-state index in [9.17, 15) is 0 Å². The molecule has 0 saturated carbocycles. The zero-order chi connectivity index (χ0) is 42.5. The number of anilines is 6. The maximum Gasteiger partial charge on any atom is 0.0720 e. The van der Waals surface area contributed by atoms with Gasteiger partial charge in [-0.1, -0.05) is 179 Å². The van der Waals surface area contributed by atoms with E-state index < -0.39 is 5.41 Å². The smallest absolute Gasteiger partial charge is 0.0720 e. The molecule has 0 atom stereocenters. The molecule has 0 fully saturated rings. The summed E-state index contributed by atoms with van der Waals surface area (Å²) < 4.78 is 0. The Morgan fingerprint density at radius 2 is 0.683 bits per heavy atom. The van der Waals surface area contributed by atoms with Gasteiger partial charge in [0.25, 0.3) is 0 Å². The Morgan fingerprint density at radius 3 is 1.29 bits per heavy atom. The van der Waals surface area contributed by atoms with E-state index in [4.69, 9.17) is 0 Å². The number of para-hydroxylation sites is 2. The first kappa shape index (κ1) is 37.4. The van der Waals surface area contributed by atoms with E-state index in [1.165, 1.54) is 72.4 Å². The van der Waals surface area contributed by atoms with Gasteiger partial charge in [-0.25, -0.2) is 0 Å². The number of hydrogen-bond acceptors (Lipinski definition) is 2. The number of hydrogen-bond donors (Lipinski definition) is 0. The Morgan fingerprint density at radius 1 is 0.270 bits per heavy atom. The molecule has 302 valence electrons. The van der Waals surface area contributed by atoms with Crippen LogP contribution in [-0.4, -0.2) is 0 Å². The summed E-state index contributed by atoms with van der Waals surface area (Å²) >= 11 is 0. The molecule has 0 saturated heterocycles. The number of fused-ring (bicyclic) bond motifs is 12. The van der Waals surface area contributed by atoms with E-state index >= 15 is 0 Å². The molecule has 2 nitrogen and oxygen atoms in total. The number of nitrogens with zero attached hydrogens (tertiary/aromatic N) is 2. The van der Waals surface area contributed by atoms with E-state index in [0.29, 0.717) is 0 Å². The van der Waals surface area contributed by atoms with Crippen molar-refractivity contribution in [1.82, 2.24) is 0 Å². The summed E-state index contributed by atoms with van der Waals surface area (Å²) in [5.74, 6) is 0. The van der Waals surface area contributed by atoms with Crippen LogP contribution in [-0.2, 0) is 16.2 Å². The molecule has 0 heterocycles. The quantitative estimate of drug-likeness (QED) is 0.165. The second-order valence-corrected chi connectivity index (χ2v) is 18.5. The second-order valence-electron chi connectivity index (χ2n) is 18.5. The Bertz CT molecular complexity index is 3140. The lowest BCUT2D eigenvalue weighted by Gasteiger charge is -2.46. The molecule has 2 heteroatoms. The van der Waals surface area contributed by atoms with Crippen molar-refractivity contribution >= 4 is 34.1 Å². The van der Waals surface area contributed by atoms with Crippen LogP contribution < -0.4 is 9.80 Å². The van der Waals surface area contributed by atoms with Crippen molar-refractivity contribution in [1.29, 1.82) is 0 Å². The van der Waals surface area contributed by atoms with Crippen molar-refractivity contribution in [2.24, 2.45) is 0 Å². The summed E-state index contributed by atoms with van der Waals surface area (Å²) in [6.07, 6.45) is 0. The van der Waals surface area contributed by atoms with Crippen LogP contribution in [0.1, 0.15) is 72.2 Å². The highest BCUT2D eigenvalue weighted by Gasteiger charge is 2.54. The third kappa shape index (κ3) is 5.25. The van der Waals surface area contributed by atoms with Gasteiger partial charge in [-0.05, 0) is 128 Å². The van der Waals surface area contributed by atoms with Gasteiger partial charge >= 0.3 is 0 Å². The lowest BCUT2D eigenvalue weighted by atomic mass is 9.55. The van der Waals surface area contributed by atoms with Crippen molar-refractivity contribution in [3.05, 3.63) is 263 Å². The minimum Gasteiger partial charge on any atom is -0.311 e. The molecule has 9 aromatic rings. The van der Waals surface area contributed by atoms with Gasteiger partial charge < -0.3 is 9.80 Å². The molecule has 0 aliphatic heterocycles. The predicted octanol–water partition coefficient (Wildman–Crippen LogP) is 15.9. The number of rotatable bonds is 6. The molecule has 3 aliphatic rings. The Hall–Kier alpha value is -7.42. The average Bonchev–Trinajstić information content (AvgIpc) is 3.76. The Kier molecular flexibility index (Phi) is 8.18. The van der Waals surface area contributed by atoms with Crippen molar-refractivity contribution in [2.45, 2.75) is 43.9 Å². The average molecular weight is 809 g/mol. The van der Waals surface area contributed by atoms with Gasteiger partial charge in [0.1, 0.15) is 0 Å². The third-order valence-electron chi connectivity index (χ3n) is 14.5. The molecule has 63 heavy (non-hydrogen) atoms. The summed E-state index contributed by atoms with van der Waals surface area (Å²) in [4.78, 5) is 4.86. The second kappa shape index (κ2) is 13.8. The molecule has 0 unspecified atom stereocenters. The highest BCUT2D eigenvalue weighted by Crippen LogP contribution is 2.64. The van der Waals surface area contributed by atoms with Crippen molar-refractivity contribution in [3.8, 4) is 22.3 Å². The molecule has 0 amide bonds. The van der Waals surface area contributed by atoms with E-state index in [-0.39, 0.29) is 10.8 Å². The molecular weight excluding hydrogens is 761 g/mol. The topological polar surface area (TPSA) is 6.48 Å². The van der Waals surface area contributed by atoms with Gasteiger partial charge in [0.15, 0.2) is 0 Å². The Labute approximate surface area is 371 Å². The minimum atomic E-state index is -0.492. The third-order valence-corrected chi connectivity index (χ3v) is 14.5.